The Labute approximate surface area is 231 Å². The van der Waals surface area contributed by atoms with E-state index in [1.807, 2.05) is 24.3 Å². The molecule has 214 valence electrons. The van der Waals surface area contributed by atoms with Crippen LogP contribution in [0.15, 0.2) is 48.5 Å². The van der Waals surface area contributed by atoms with E-state index >= 15 is 0 Å². The van der Waals surface area contributed by atoms with Gasteiger partial charge in [0.05, 0.1) is 13.1 Å². The van der Waals surface area contributed by atoms with E-state index < -0.39 is 47.2 Å². The van der Waals surface area contributed by atoms with Crippen LogP contribution in [0.2, 0.25) is 0 Å². The van der Waals surface area contributed by atoms with Gasteiger partial charge in [0.15, 0.2) is 0 Å². The molecule has 6 amide bonds. The number of benzene rings is 2. The molecule has 2 heterocycles. The molecule has 2 saturated heterocycles. The number of carbonyl (C=O) groups is 4. The first-order chi connectivity index (χ1) is 18.8. The van der Waals surface area contributed by atoms with Crippen LogP contribution >= 0.6 is 0 Å². The zero-order chi connectivity index (χ0) is 29.2. The molecule has 0 bridgehead atoms. The molecule has 12 nitrogen and oxygen atoms in total. The fourth-order valence-electron chi connectivity index (χ4n) is 4.37. The minimum absolute atomic E-state index is 0.0942. The molecule has 2 aromatic carbocycles. The first kappa shape index (κ1) is 28.8. The Kier molecular flexibility index (Phi) is 8.03. The van der Waals surface area contributed by atoms with Gasteiger partial charge in [-0.15, -0.1) is 0 Å². The Morgan fingerprint density at radius 3 is 1.25 bits per heavy atom. The van der Waals surface area contributed by atoms with Crippen molar-refractivity contribution in [2.45, 2.75) is 51.0 Å². The van der Waals surface area contributed by atoms with E-state index in [0.717, 1.165) is 20.9 Å². The third kappa shape index (κ3) is 6.35. The molecule has 2 aliphatic rings. The summed E-state index contributed by atoms with van der Waals surface area (Å²) in [6.07, 6.45) is -2.09. The highest BCUT2D eigenvalue weighted by molar-refractivity contribution is 6.07. The summed E-state index contributed by atoms with van der Waals surface area (Å²) >= 11 is 0. The van der Waals surface area contributed by atoms with Crippen molar-refractivity contribution >= 4 is 23.9 Å². The monoisotopic (exact) mass is 554 g/mol. The highest BCUT2D eigenvalue weighted by Crippen LogP contribution is 2.25. The zero-order valence-electron chi connectivity index (χ0n) is 22.8. The normalized spacial score (nSPS) is 19.4. The summed E-state index contributed by atoms with van der Waals surface area (Å²) in [4.78, 5) is 50.4. The first-order valence-corrected chi connectivity index (χ1v) is 12.9. The van der Waals surface area contributed by atoms with Crippen LogP contribution < -0.4 is 20.1 Å². The van der Waals surface area contributed by atoms with E-state index in [0.29, 0.717) is 11.5 Å². The van der Waals surface area contributed by atoms with Crippen LogP contribution in [0.25, 0.3) is 11.1 Å². The number of rotatable bonds is 11. The van der Waals surface area contributed by atoms with E-state index in [1.165, 1.54) is 0 Å². The van der Waals surface area contributed by atoms with E-state index in [1.54, 1.807) is 52.0 Å². The van der Waals surface area contributed by atoms with Gasteiger partial charge in [-0.05, 0) is 63.1 Å². The van der Waals surface area contributed by atoms with E-state index in [4.69, 9.17) is 9.47 Å². The molecule has 0 spiro atoms. The summed E-state index contributed by atoms with van der Waals surface area (Å²) in [5.74, 6) is 0.237. The van der Waals surface area contributed by atoms with Gasteiger partial charge in [0.1, 0.15) is 48.0 Å². The third-order valence-corrected chi connectivity index (χ3v) is 6.60. The van der Waals surface area contributed by atoms with Crippen LogP contribution in [0, 0.1) is 0 Å². The number of aliphatic hydroxyl groups is 2. The van der Waals surface area contributed by atoms with Gasteiger partial charge in [0, 0.05) is 0 Å². The molecular weight excluding hydrogens is 520 g/mol. The Balaban J connectivity index is 1.23. The maximum atomic E-state index is 12.3. The van der Waals surface area contributed by atoms with Crippen molar-refractivity contribution < 1.29 is 38.9 Å². The van der Waals surface area contributed by atoms with Crippen LogP contribution in [0.5, 0.6) is 11.5 Å². The van der Waals surface area contributed by atoms with Gasteiger partial charge in [-0.3, -0.25) is 19.4 Å². The van der Waals surface area contributed by atoms with Crippen molar-refractivity contribution in [3.63, 3.8) is 0 Å². The number of nitrogens with one attached hydrogen (secondary N) is 2. The van der Waals surface area contributed by atoms with Gasteiger partial charge in [0.25, 0.3) is 11.8 Å². The SMILES string of the molecule is CC1(C)NC(=O)N(CC(O)COc2ccc(-c3ccc(OCC(O)CN4C(=O)NC(C)(C)C4=O)cc3)cc2)C1=O. The number of amides is 6. The van der Waals surface area contributed by atoms with Gasteiger partial charge in [-0.25, -0.2) is 9.59 Å². The summed E-state index contributed by atoms with van der Waals surface area (Å²) in [6.45, 7) is 5.89. The topological polar surface area (TPSA) is 158 Å². The lowest BCUT2D eigenvalue weighted by molar-refractivity contribution is -0.132. The molecule has 2 fully saturated rings. The molecule has 40 heavy (non-hydrogen) atoms. The number of aliphatic hydroxyl groups excluding tert-OH is 2. The molecule has 2 atom stereocenters. The molecule has 2 unspecified atom stereocenters. The predicted molar refractivity (Wildman–Crippen MR) is 144 cm³/mol. The predicted octanol–water partition coefficient (Wildman–Crippen LogP) is 1.49. The zero-order valence-corrected chi connectivity index (χ0v) is 22.8. The van der Waals surface area contributed by atoms with Crippen LogP contribution in [0.3, 0.4) is 0 Å². The molecule has 0 radical (unpaired) electrons. The first-order valence-electron chi connectivity index (χ1n) is 12.9. The Morgan fingerprint density at radius 1 is 0.650 bits per heavy atom. The smallest absolute Gasteiger partial charge is 0.325 e. The number of imide groups is 2. The van der Waals surface area contributed by atoms with Crippen molar-refractivity contribution in [3.05, 3.63) is 48.5 Å². The van der Waals surface area contributed by atoms with Gasteiger partial charge >= 0.3 is 12.1 Å². The van der Waals surface area contributed by atoms with Crippen LogP contribution in [0.4, 0.5) is 9.59 Å². The molecule has 12 heteroatoms. The highest BCUT2D eigenvalue weighted by atomic mass is 16.5. The van der Waals surface area contributed by atoms with Crippen LogP contribution in [0.1, 0.15) is 27.7 Å². The molecule has 2 aromatic rings. The molecule has 0 aliphatic carbocycles. The summed E-state index contributed by atoms with van der Waals surface area (Å²) < 4.78 is 11.2. The second kappa shape index (κ2) is 11.1. The molecule has 0 saturated carbocycles. The standard InChI is InChI=1S/C28H34N4O8/c1-27(2)23(35)31(25(37)29-27)13-19(33)15-39-21-9-5-17(6-10-21)18-7-11-22(12-8-18)40-16-20(34)14-32-24(36)28(3,4)30-26(32)38/h5-12,19-20,33-34H,13-16H2,1-4H3,(H,29,37)(H,30,38). The average molecular weight is 555 g/mol. The number of carbonyl (C=O) groups excluding carboxylic acids is 4. The number of β-amino-alcohol motifs (C(OH)–C–C–N with tert-alkyl or cyclic N) is 2. The van der Waals surface area contributed by atoms with E-state index in [-0.39, 0.29) is 26.3 Å². The van der Waals surface area contributed by atoms with Crippen LogP contribution in [-0.4, -0.2) is 93.5 Å². The van der Waals surface area contributed by atoms with Crippen molar-refractivity contribution in [2.24, 2.45) is 0 Å². The van der Waals surface area contributed by atoms with Crippen LogP contribution in [-0.2, 0) is 9.59 Å². The number of hydrogen-bond acceptors (Lipinski definition) is 8. The van der Waals surface area contributed by atoms with Gasteiger partial charge < -0.3 is 30.3 Å². The second-order valence-corrected chi connectivity index (χ2v) is 10.9. The maximum absolute atomic E-state index is 12.3. The quantitative estimate of drug-likeness (QED) is 0.304. The highest BCUT2D eigenvalue weighted by Gasteiger charge is 2.45. The number of ether oxygens (including phenoxy) is 2. The van der Waals surface area contributed by atoms with Crippen molar-refractivity contribution in [3.8, 4) is 22.6 Å². The summed E-state index contributed by atoms with van der Waals surface area (Å²) in [5.41, 5.74) is -0.180. The Morgan fingerprint density at radius 2 is 0.975 bits per heavy atom. The number of urea groups is 2. The summed E-state index contributed by atoms with van der Waals surface area (Å²) in [7, 11) is 0. The molecule has 0 aromatic heterocycles. The Hall–Kier alpha value is -4.16. The van der Waals surface area contributed by atoms with Gasteiger partial charge in [-0.1, -0.05) is 24.3 Å². The number of hydrogen-bond donors (Lipinski definition) is 4. The third-order valence-electron chi connectivity index (χ3n) is 6.60. The fourth-order valence-corrected chi connectivity index (χ4v) is 4.37. The lowest BCUT2D eigenvalue weighted by Gasteiger charge is -2.19. The molecule has 4 rings (SSSR count). The summed E-state index contributed by atoms with van der Waals surface area (Å²) in [6, 6.07) is 13.3. The van der Waals surface area contributed by atoms with Crippen molar-refractivity contribution in [1.29, 1.82) is 0 Å². The average Bonchev–Trinajstić information content (AvgIpc) is 3.22. The minimum Gasteiger partial charge on any atom is -0.491 e. The maximum Gasteiger partial charge on any atom is 0.325 e. The lowest BCUT2D eigenvalue weighted by atomic mass is 10.1. The van der Waals surface area contributed by atoms with E-state index in [9.17, 15) is 29.4 Å². The number of nitrogens with zero attached hydrogens (tertiary/aromatic N) is 2. The van der Waals surface area contributed by atoms with Gasteiger partial charge in [0.2, 0.25) is 0 Å². The molecular formula is C28H34N4O8. The summed E-state index contributed by atoms with van der Waals surface area (Å²) in [5, 5.41) is 25.7. The molecule has 2 aliphatic heterocycles. The van der Waals surface area contributed by atoms with Crippen molar-refractivity contribution in [1.82, 2.24) is 20.4 Å². The molecule has 4 N–H and O–H groups in total. The second-order valence-electron chi connectivity index (χ2n) is 10.9. The van der Waals surface area contributed by atoms with Crippen molar-refractivity contribution in [2.75, 3.05) is 26.3 Å². The lowest BCUT2D eigenvalue weighted by Crippen LogP contribution is -2.42. The largest absolute Gasteiger partial charge is 0.491 e. The van der Waals surface area contributed by atoms with E-state index in [2.05, 4.69) is 10.6 Å². The Bertz CT molecular complexity index is 1180. The fraction of sp³-hybridized carbons (Fsp3) is 0.429. The minimum atomic E-state index is -1.05. The van der Waals surface area contributed by atoms with Gasteiger partial charge in [-0.2, -0.15) is 0 Å².